The Morgan fingerprint density at radius 1 is 1.40 bits per heavy atom. The van der Waals surface area contributed by atoms with E-state index in [4.69, 9.17) is 5.73 Å². The molecule has 0 radical (unpaired) electrons. The van der Waals surface area contributed by atoms with Crippen molar-refractivity contribution in [2.45, 2.75) is 44.7 Å². The van der Waals surface area contributed by atoms with E-state index >= 15 is 0 Å². The topological polar surface area (TPSA) is 46.3 Å². The molecule has 1 aliphatic rings. The van der Waals surface area contributed by atoms with Crippen LogP contribution in [0.25, 0.3) is 0 Å². The summed E-state index contributed by atoms with van der Waals surface area (Å²) < 4.78 is 0. The van der Waals surface area contributed by atoms with Gasteiger partial charge in [0.25, 0.3) is 0 Å². The van der Waals surface area contributed by atoms with Crippen LogP contribution in [0.15, 0.2) is 36.9 Å². The van der Waals surface area contributed by atoms with Crippen LogP contribution in [0.5, 0.6) is 0 Å². The van der Waals surface area contributed by atoms with Gasteiger partial charge in [0, 0.05) is 12.6 Å². The van der Waals surface area contributed by atoms with Gasteiger partial charge >= 0.3 is 0 Å². The van der Waals surface area contributed by atoms with Gasteiger partial charge < -0.3 is 10.6 Å². The SMILES string of the molecule is C=CCN(C(=O)C(N)c1ccc(C)cc1)C1CCCC1. The highest BCUT2D eigenvalue weighted by molar-refractivity contribution is 5.83. The molecular weight excluding hydrogens is 248 g/mol. The van der Waals surface area contributed by atoms with Crippen molar-refractivity contribution in [1.29, 1.82) is 0 Å². The molecule has 1 amide bonds. The predicted molar refractivity (Wildman–Crippen MR) is 82.3 cm³/mol. The second-order valence-electron chi connectivity index (χ2n) is 5.61. The molecule has 0 aliphatic heterocycles. The van der Waals surface area contributed by atoms with Crippen molar-refractivity contribution in [3.8, 4) is 0 Å². The Balaban J connectivity index is 2.13. The predicted octanol–water partition coefficient (Wildman–Crippen LogP) is 2.95. The number of amides is 1. The number of nitrogens with zero attached hydrogens (tertiary/aromatic N) is 1. The van der Waals surface area contributed by atoms with Gasteiger partial charge in [-0.1, -0.05) is 48.7 Å². The van der Waals surface area contributed by atoms with Gasteiger partial charge in [0.2, 0.25) is 5.91 Å². The van der Waals surface area contributed by atoms with Gasteiger partial charge in [-0.25, -0.2) is 0 Å². The number of hydrogen-bond donors (Lipinski definition) is 1. The van der Waals surface area contributed by atoms with E-state index in [0.717, 1.165) is 18.4 Å². The zero-order valence-electron chi connectivity index (χ0n) is 12.2. The minimum Gasteiger partial charge on any atom is -0.334 e. The highest BCUT2D eigenvalue weighted by Gasteiger charge is 2.29. The maximum atomic E-state index is 12.7. The van der Waals surface area contributed by atoms with Crippen molar-refractivity contribution in [3.63, 3.8) is 0 Å². The molecule has 0 heterocycles. The van der Waals surface area contributed by atoms with Gasteiger partial charge in [-0.3, -0.25) is 4.79 Å². The Morgan fingerprint density at radius 3 is 2.55 bits per heavy atom. The fourth-order valence-electron chi connectivity index (χ4n) is 2.87. The lowest BCUT2D eigenvalue weighted by Crippen LogP contribution is -2.44. The lowest BCUT2D eigenvalue weighted by Gasteiger charge is -2.30. The fourth-order valence-corrected chi connectivity index (χ4v) is 2.87. The van der Waals surface area contributed by atoms with Gasteiger partial charge in [0.1, 0.15) is 6.04 Å². The summed E-state index contributed by atoms with van der Waals surface area (Å²) in [7, 11) is 0. The molecule has 1 aliphatic carbocycles. The first-order chi connectivity index (χ1) is 9.63. The minimum absolute atomic E-state index is 0.0145. The molecule has 3 heteroatoms. The molecule has 0 spiro atoms. The van der Waals surface area contributed by atoms with Gasteiger partial charge in [-0.15, -0.1) is 6.58 Å². The largest absolute Gasteiger partial charge is 0.334 e. The van der Waals surface area contributed by atoms with Gasteiger partial charge in [-0.2, -0.15) is 0 Å². The average molecular weight is 272 g/mol. The van der Waals surface area contributed by atoms with Gasteiger partial charge in [0.15, 0.2) is 0 Å². The lowest BCUT2D eigenvalue weighted by molar-refractivity contribution is -0.134. The van der Waals surface area contributed by atoms with Crippen LogP contribution in [-0.4, -0.2) is 23.4 Å². The van der Waals surface area contributed by atoms with Crippen molar-refractivity contribution in [3.05, 3.63) is 48.0 Å². The van der Waals surface area contributed by atoms with E-state index in [1.807, 2.05) is 36.1 Å². The quantitative estimate of drug-likeness (QED) is 0.838. The molecule has 1 unspecified atom stereocenters. The first-order valence-corrected chi connectivity index (χ1v) is 7.37. The van der Waals surface area contributed by atoms with Crippen LogP contribution in [0.3, 0.4) is 0 Å². The monoisotopic (exact) mass is 272 g/mol. The standard InChI is InChI=1S/C17H24N2O/c1-3-12-19(15-6-4-5-7-15)17(20)16(18)14-10-8-13(2)9-11-14/h3,8-11,15-16H,1,4-7,12,18H2,2H3. The summed E-state index contributed by atoms with van der Waals surface area (Å²) in [6.07, 6.45) is 6.36. The number of carbonyl (C=O) groups is 1. The summed E-state index contributed by atoms with van der Waals surface area (Å²) >= 11 is 0. The molecular formula is C17H24N2O. The number of aryl methyl sites for hydroxylation is 1. The van der Waals surface area contributed by atoms with Crippen molar-refractivity contribution in [2.75, 3.05) is 6.54 Å². The third kappa shape index (κ3) is 3.28. The fraction of sp³-hybridized carbons (Fsp3) is 0.471. The van der Waals surface area contributed by atoms with E-state index in [-0.39, 0.29) is 5.91 Å². The summed E-state index contributed by atoms with van der Waals surface area (Å²) in [4.78, 5) is 14.6. The number of hydrogen-bond acceptors (Lipinski definition) is 2. The molecule has 0 bridgehead atoms. The van der Waals surface area contributed by atoms with E-state index in [9.17, 15) is 4.79 Å². The third-order valence-corrected chi connectivity index (χ3v) is 4.08. The normalized spacial score (nSPS) is 16.9. The molecule has 1 aromatic carbocycles. The van der Waals surface area contributed by atoms with Crippen molar-refractivity contribution >= 4 is 5.91 Å². The Hall–Kier alpha value is -1.61. The maximum Gasteiger partial charge on any atom is 0.244 e. The number of rotatable bonds is 5. The molecule has 1 fully saturated rings. The van der Waals surface area contributed by atoms with Crippen LogP contribution in [0.1, 0.15) is 42.9 Å². The number of nitrogens with two attached hydrogens (primary N) is 1. The zero-order chi connectivity index (χ0) is 14.5. The maximum absolute atomic E-state index is 12.7. The smallest absolute Gasteiger partial charge is 0.244 e. The summed E-state index contributed by atoms with van der Waals surface area (Å²) in [6, 6.07) is 7.64. The summed E-state index contributed by atoms with van der Waals surface area (Å²) in [5.74, 6) is 0.0145. The molecule has 20 heavy (non-hydrogen) atoms. The Labute approximate surface area is 121 Å². The first kappa shape index (κ1) is 14.8. The van der Waals surface area contributed by atoms with Crippen molar-refractivity contribution in [1.82, 2.24) is 4.90 Å². The molecule has 0 saturated heterocycles. The number of benzene rings is 1. The van der Waals surface area contributed by atoms with Crippen LogP contribution in [-0.2, 0) is 4.79 Å². The van der Waals surface area contributed by atoms with Crippen LogP contribution >= 0.6 is 0 Å². The van der Waals surface area contributed by atoms with Gasteiger partial charge in [-0.05, 0) is 25.3 Å². The Morgan fingerprint density at radius 2 is 2.00 bits per heavy atom. The van der Waals surface area contributed by atoms with Crippen LogP contribution in [0.2, 0.25) is 0 Å². The minimum atomic E-state index is -0.573. The second-order valence-corrected chi connectivity index (χ2v) is 5.61. The molecule has 1 atom stereocenters. The Bertz CT molecular complexity index is 460. The van der Waals surface area contributed by atoms with E-state index in [1.54, 1.807) is 6.08 Å². The van der Waals surface area contributed by atoms with Crippen molar-refractivity contribution in [2.24, 2.45) is 5.73 Å². The second kappa shape index (κ2) is 6.71. The molecule has 2 N–H and O–H groups in total. The molecule has 1 saturated carbocycles. The third-order valence-electron chi connectivity index (χ3n) is 4.08. The highest BCUT2D eigenvalue weighted by Crippen LogP contribution is 2.26. The molecule has 108 valence electrons. The summed E-state index contributed by atoms with van der Waals surface area (Å²) in [6.45, 7) is 6.38. The van der Waals surface area contributed by atoms with Gasteiger partial charge in [0.05, 0.1) is 0 Å². The van der Waals surface area contributed by atoms with E-state index < -0.39 is 6.04 Å². The van der Waals surface area contributed by atoms with Crippen LogP contribution in [0.4, 0.5) is 0 Å². The van der Waals surface area contributed by atoms with E-state index in [2.05, 4.69) is 6.58 Å². The molecule has 1 aromatic rings. The van der Waals surface area contributed by atoms with Crippen LogP contribution < -0.4 is 5.73 Å². The lowest BCUT2D eigenvalue weighted by atomic mass is 10.0. The summed E-state index contributed by atoms with van der Waals surface area (Å²) in [5, 5.41) is 0. The zero-order valence-corrected chi connectivity index (χ0v) is 12.2. The van der Waals surface area contributed by atoms with E-state index in [1.165, 1.54) is 18.4 Å². The van der Waals surface area contributed by atoms with E-state index in [0.29, 0.717) is 12.6 Å². The van der Waals surface area contributed by atoms with Crippen molar-refractivity contribution < 1.29 is 4.79 Å². The highest BCUT2D eigenvalue weighted by atomic mass is 16.2. The average Bonchev–Trinajstić information content (AvgIpc) is 2.98. The van der Waals surface area contributed by atoms with Crippen LogP contribution in [0, 0.1) is 6.92 Å². The molecule has 3 nitrogen and oxygen atoms in total. The Kier molecular flexibility index (Phi) is 4.96. The first-order valence-electron chi connectivity index (χ1n) is 7.37. The molecule has 0 aromatic heterocycles. The molecule has 2 rings (SSSR count). The number of carbonyl (C=O) groups excluding carboxylic acids is 1. The summed E-state index contributed by atoms with van der Waals surface area (Å²) in [5.41, 5.74) is 8.22.